The van der Waals surface area contributed by atoms with E-state index < -0.39 is 0 Å². The van der Waals surface area contributed by atoms with E-state index in [9.17, 15) is 4.79 Å². The summed E-state index contributed by atoms with van der Waals surface area (Å²) in [5.41, 5.74) is 2.99. The minimum Gasteiger partial charge on any atom is -0.373 e. The van der Waals surface area contributed by atoms with Gasteiger partial charge in [-0.3, -0.25) is 9.69 Å². The molecule has 1 saturated heterocycles. The van der Waals surface area contributed by atoms with E-state index in [2.05, 4.69) is 47.2 Å². The Morgan fingerprint density at radius 2 is 1.87 bits per heavy atom. The van der Waals surface area contributed by atoms with Crippen LogP contribution in [0, 0.1) is 0 Å². The van der Waals surface area contributed by atoms with Crippen LogP contribution in [0.1, 0.15) is 41.2 Å². The fourth-order valence-corrected chi connectivity index (χ4v) is 5.01. The number of nitrogens with zero attached hydrogens (tertiary/aromatic N) is 2. The number of aromatic nitrogens is 1. The first-order valence-electron chi connectivity index (χ1n) is 10.7. The molecule has 4 rings (SSSR count). The minimum atomic E-state index is -0.0144. The zero-order valence-corrected chi connectivity index (χ0v) is 18.5. The topological polar surface area (TPSA) is 54.5 Å². The van der Waals surface area contributed by atoms with Crippen molar-refractivity contribution in [1.29, 1.82) is 0 Å². The molecule has 30 heavy (non-hydrogen) atoms. The Hall–Kier alpha value is -2.28. The van der Waals surface area contributed by atoms with Gasteiger partial charge in [0.25, 0.3) is 5.91 Å². The normalized spacial score (nSPS) is 19.8. The van der Waals surface area contributed by atoms with E-state index in [0.29, 0.717) is 12.1 Å². The summed E-state index contributed by atoms with van der Waals surface area (Å²) in [7, 11) is 0. The maximum absolute atomic E-state index is 12.4. The van der Waals surface area contributed by atoms with Crippen molar-refractivity contribution in [2.75, 3.05) is 19.6 Å². The predicted molar refractivity (Wildman–Crippen MR) is 122 cm³/mol. The number of carbonyl (C=O) groups is 1. The van der Waals surface area contributed by atoms with Crippen molar-refractivity contribution in [3.05, 3.63) is 64.7 Å². The first kappa shape index (κ1) is 21.0. The Kier molecular flexibility index (Phi) is 6.77. The number of aryl methyl sites for hydroxylation is 1. The Balaban J connectivity index is 1.22. The summed E-state index contributed by atoms with van der Waals surface area (Å²) in [6.07, 6.45) is 2.30. The maximum atomic E-state index is 12.4. The molecule has 2 atom stereocenters. The van der Waals surface area contributed by atoms with Gasteiger partial charge in [0.15, 0.2) is 0 Å². The van der Waals surface area contributed by atoms with Crippen LogP contribution < -0.4 is 5.32 Å². The van der Waals surface area contributed by atoms with Crippen LogP contribution in [-0.2, 0) is 17.7 Å². The third-order valence-electron chi connectivity index (χ3n) is 5.31. The summed E-state index contributed by atoms with van der Waals surface area (Å²) < 4.78 is 7.02. The molecular formula is C24H29N3O2S. The Labute approximate surface area is 182 Å². The van der Waals surface area contributed by atoms with Gasteiger partial charge >= 0.3 is 0 Å². The van der Waals surface area contributed by atoms with Gasteiger partial charge in [0.05, 0.1) is 27.4 Å². The highest BCUT2D eigenvalue weighted by atomic mass is 32.1. The molecule has 1 amide bonds. The van der Waals surface area contributed by atoms with Crippen LogP contribution in [0.5, 0.6) is 0 Å². The molecule has 0 radical (unpaired) electrons. The lowest BCUT2D eigenvalue weighted by molar-refractivity contribution is -0.0704. The van der Waals surface area contributed by atoms with Crippen molar-refractivity contribution in [2.24, 2.45) is 0 Å². The lowest BCUT2D eigenvalue weighted by atomic mass is 10.1. The molecule has 0 aliphatic carbocycles. The number of fused-ring (bicyclic) bond motifs is 1. The molecule has 1 aliphatic rings. The molecule has 0 spiro atoms. The largest absolute Gasteiger partial charge is 0.373 e. The van der Waals surface area contributed by atoms with Gasteiger partial charge in [0.1, 0.15) is 0 Å². The monoisotopic (exact) mass is 423 g/mol. The van der Waals surface area contributed by atoms with Gasteiger partial charge in [0.2, 0.25) is 0 Å². The van der Waals surface area contributed by atoms with Gasteiger partial charge in [-0.25, -0.2) is 4.98 Å². The summed E-state index contributed by atoms with van der Waals surface area (Å²) >= 11 is 1.73. The third-order valence-corrected chi connectivity index (χ3v) is 6.40. The number of para-hydroxylation sites is 1. The molecule has 2 aromatic carbocycles. The Morgan fingerprint density at radius 3 is 2.60 bits per heavy atom. The smallest absolute Gasteiger partial charge is 0.251 e. The highest BCUT2D eigenvalue weighted by molar-refractivity contribution is 7.18. The molecule has 0 bridgehead atoms. The van der Waals surface area contributed by atoms with Crippen LogP contribution in [-0.4, -0.2) is 47.6 Å². The number of benzene rings is 2. The average Bonchev–Trinajstić information content (AvgIpc) is 3.14. The lowest BCUT2D eigenvalue weighted by Gasteiger charge is -2.35. The third kappa shape index (κ3) is 5.45. The number of nitrogens with one attached hydrogen (secondary N) is 1. The van der Waals surface area contributed by atoms with Crippen molar-refractivity contribution in [3.8, 4) is 0 Å². The van der Waals surface area contributed by atoms with Crippen LogP contribution in [0.25, 0.3) is 10.2 Å². The van der Waals surface area contributed by atoms with Crippen molar-refractivity contribution >= 4 is 27.5 Å². The first-order chi connectivity index (χ1) is 14.6. The Bertz CT molecular complexity index is 943. The molecule has 2 unspecified atom stereocenters. The number of hydrogen-bond acceptors (Lipinski definition) is 5. The van der Waals surface area contributed by atoms with E-state index in [0.717, 1.165) is 43.0 Å². The molecule has 158 valence electrons. The van der Waals surface area contributed by atoms with Crippen LogP contribution in [0.2, 0.25) is 0 Å². The molecule has 1 N–H and O–H groups in total. The van der Waals surface area contributed by atoms with Crippen LogP contribution >= 0.6 is 11.3 Å². The molecule has 6 heteroatoms. The van der Waals surface area contributed by atoms with Crippen molar-refractivity contribution in [1.82, 2.24) is 15.2 Å². The highest BCUT2D eigenvalue weighted by Crippen LogP contribution is 2.22. The Morgan fingerprint density at radius 1 is 1.13 bits per heavy atom. The van der Waals surface area contributed by atoms with Crippen molar-refractivity contribution in [2.45, 2.75) is 45.4 Å². The van der Waals surface area contributed by atoms with Gasteiger partial charge in [-0.15, -0.1) is 11.3 Å². The van der Waals surface area contributed by atoms with Crippen LogP contribution in [0.15, 0.2) is 48.5 Å². The summed E-state index contributed by atoms with van der Waals surface area (Å²) in [4.78, 5) is 19.5. The van der Waals surface area contributed by atoms with E-state index in [1.165, 1.54) is 10.3 Å². The fourth-order valence-electron chi connectivity index (χ4n) is 4.00. The second-order valence-electron chi connectivity index (χ2n) is 8.08. The second-order valence-corrected chi connectivity index (χ2v) is 9.20. The van der Waals surface area contributed by atoms with Gasteiger partial charge in [-0.05, 0) is 50.1 Å². The quantitative estimate of drug-likeness (QED) is 0.577. The van der Waals surface area contributed by atoms with Crippen LogP contribution in [0.4, 0.5) is 0 Å². The number of thiazole rings is 1. The van der Waals surface area contributed by atoms with Crippen LogP contribution in [0.3, 0.4) is 0 Å². The highest BCUT2D eigenvalue weighted by Gasteiger charge is 2.22. The lowest BCUT2D eigenvalue weighted by Crippen LogP contribution is -2.44. The van der Waals surface area contributed by atoms with Gasteiger partial charge in [-0.1, -0.05) is 24.3 Å². The maximum Gasteiger partial charge on any atom is 0.251 e. The summed E-state index contributed by atoms with van der Waals surface area (Å²) in [6, 6.07) is 16.2. The molecule has 2 heterocycles. The molecule has 0 saturated carbocycles. The number of ether oxygens (including phenoxy) is 1. The van der Waals surface area contributed by atoms with E-state index in [1.54, 1.807) is 11.3 Å². The molecule has 3 aromatic rings. The fraction of sp³-hybridized carbons (Fsp3) is 0.417. The summed E-state index contributed by atoms with van der Waals surface area (Å²) in [6.45, 7) is 7.67. The second kappa shape index (κ2) is 9.69. The predicted octanol–water partition coefficient (Wildman–Crippen LogP) is 4.27. The standard InChI is InChI=1S/C24H29N3O2S/c1-17-14-27(15-18(2)29-17)16-19-9-11-20(12-10-19)24(28)25-13-5-8-23-26-21-6-3-4-7-22(21)30-23/h3-4,6-7,9-12,17-18H,5,8,13-16H2,1-2H3,(H,25,28). The minimum absolute atomic E-state index is 0.0144. The zero-order chi connectivity index (χ0) is 20.9. The summed E-state index contributed by atoms with van der Waals surface area (Å²) in [5.74, 6) is -0.0144. The number of morpholine rings is 1. The average molecular weight is 424 g/mol. The number of rotatable bonds is 7. The molecule has 1 aliphatic heterocycles. The van der Waals surface area contributed by atoms with Crippen molar-refractivity contribution < 1.29 is 9.53 Å². The van der Waals surface area contributed by atoms with Gasteiger partial charge < -0.3 is 10.1 Å². The van der Waals surface area contributed by atoms with E-state index in [4.69, 9.17) is 4.74 Å². The van der Waals surface area contributed by atoms with E-state index in [1.807, 2.05) is 30.3 Å². The number of carbonyl (C=O) groups excluding carboxylic acids is 1. The summed E-state index contributed by atoms with van der Waals surface area (Å²) in [5, 5.41) is 4.15. The van der Waals surface area contributed by atoms with Crippen molar-refractivity contribution in [3.63, 3.8) is 0 Å². The van der Waals surface area contributed by atoms with E-state index >= 15 is 0 Å². The SMILES string of the molecule is CC1CN(Cc2ccc(C(=O)NCCCc3nc4ccccc4s3)cc2)CC(C)O1. The van der Waals surface area contributed by atoms with Gasteiger partial charge in [0, 0.05) is 38.2 Å². The molecular weight excluding hydrogens is 394 g/mol. The number of hydrogen-bond donors (Lipinski definition) is 1. The van der Waals surface area contributed by atoms with Gasteiger partial charge in [-0.2, -0.15) is 0 Å². The number of amides is 1. The molecule has 1 fully saturated rings. The van der Waals surface area contributed by atoms with E-state index in [-0.39, 0.29) is 18.1 Å². The molecule has 1 aromatic heterocycles. The zero-order valence-electron chi connectivity index (χ0n) is 17.6. The first-order valence-corrected chi connectivity index (χ1v) is 11.5. The molecule has 5 nitrogen and oxygen atoms in total.